The molecule has 1 fully saturated rings. The fourth-order valence-corrected chi connectivity index (χ4v) is 3.86. The molecule has 1 aromatic carbocycles. The summed E-state index contributed by atoms with van der Waals surface area (Å²) < 4.78 is 43.4. The Hall–Kier alpha value is -4.35. The van der Waals surface area contributed by atoms with Crippen LogP contribution in [0.4, 0.5) is 13.2 Å². The third-order valence-corrected chi connectivity index (χ3v) is 5.87. The highest BCUT2D eigenvalue weighted by Crippen LogP contribution is 2.37. The molecule has 1 saturated carbocycles. The zero-order valence-corrected chi connectivity index (χ0v) is 19.0. The van der Waals surface area contributed by atoms with Crippen molar-refractivity contribution in [3.8, 4) is 16.9 Å². The molecule has 1 aliphatic carbocycles. The first-order valence-corrected chi connectivity index (χ1v) is 11.2. The number of nitrogens with one attached hydrogen (secondary N) is 1. The summed E-state index contributed by atoms with van der Waals surface area (Å²) in [5, 5.41) is 14.8. The summed E-state index contributed by atoms with van der Waals surface area (Å²) in [5.74, 6) is -1.79. The number of benzene rings is 1. The second-order valence-electron chi connectivity index (χ2n) is 8.44. The molecule has 5 rings (SSSR count). The van der Waals surface area contributed by atoms with Gasteiger partial charge in [0, 0.05) is 23.4 Å². The van der Waals surface area contributed by atoms with Gasteiger partial charge >= 0.3 is 0 Å². The van der Waals surface area contributed by atoms with Crippen molar-refractivity contribution in [3.05, 3.63) is 88.0 Å². The summed E-state index contributed by atoms with van der Waals surface area (Å²) >= 11 is 0. The van der Waals surface area contributed by atoms with E-state index in [0.717, 1.165) is 29.3 Å². The van der Waals surface area contributed by atoms with E-state index < -0.39 is 35.3 Å². The Bertz CT molecular complexity index is 1500. The number of rotatable bonds is 7. The summed E-state index contributed by atoms with van der Waals surface area (Å²) in [4.78, 5) is 29.6. The zero-order chi connectivity index (χ0) is 25.4. The molecule has 0 aliphatic heterocycles. The number of hydrogen-bond acceptors (Lipinski definition) is 6. The van der Waals surface area contributed by atoms with E-state index in [9.17, 15) is 22.8 Å². The topological polar surface area (TPSA) is 108 Å². The third-order valence-electron chi connectivity index (χ3n) is 5.87. The number of aromatic nitrogens is 6. The first-order chi connectivity index (χ1) is 17.3. The lowest BCUT2D eigenvalue weighted by Crippen LogP contribution is -2.31. The summed E-state index contributed by atoms with van der Waals surface area (Å²) in [6, 6.07) is 7.05. The van der Waals surface area contributed by atoms with Crippen LogP contribution in [0.5, 0.6) is 0 Å². The van der Waals surface area contributed by atoms with E-state index >= 15 is 0 Å². The van der Waals surface area contributed by atoms with Crippen LogP contribution in [-0.4, -0.2) is 35.7 Å². The van der Waals surface area contributed by atoms with Gasteiger partial charge in [-0.2, -0.15) is 9.78 Å². The van der Waals surface area contributed by atoms with Crippen molar-refractivity contribution in [3.63, 3.8) is 0 Å². The predicted molar refractivity (Wildman–Crippen MR) is 122 cm³/mol. The number of pyridine rings is 1. The normalized spacial score (nSPS) is 14.1. The molecular weight excluding hydrogens is 475 g/mol. The average molecular weight is 495 g/mol. The van der Waals surface area contributed by atoms with Gasteiger partial charge in [-0.15, -0.1) is 5.10 Å². The number of amides is 1. The Kier molecular flexibility index (Phi) is 6.08. The molecule has 0 bridgehead atoms. The van der Waals surface area contributed by atoms with E-state index in [4.69, 9.17) is 0 Å². The molecule has 9 nitrogen and oxygen atoms in total. The lowest BCUT2D eigenvalue weighted by Gasteiger charge is -2.17. The molecule has 12 heteroatoms. The monoisotopic (exact) mass is 495 g/mol. The van der Waals surface area contributed by atoms with Crippen LogP contribution in [-0.2, 0) is 0 Å². The van der Waals surface area contributed by atoms with Crippen molar-refractivity contribution in [2.24, 2.45) is 0 Å². The van der Waals surface area contributed by atoms with Crippen molar-refractivity contribution in [2.75, 3.05) is 0 Å². The molecule has 0 radical (unpaired) electrons. The van der Waals surface area contributed by atoms with Gasteiger partial charge in [0.2, 0.25) is 0 Å². The molecule has 1 aliphatic rings. The van der Waals surface area contributed by atoms with E-state index in [-0.39, 0.29) is 17.3 Å². The van der Waals surface area contributed by atoms with Crippen LogP contribution in [0.2, 0.25) is 0 Å². The van der Waals surface area contributed by atoms with Gasteiger partial charge in [0.05, 0.1) is 41.4 Å². The van der Waals surface area contributed by atoms with E-state index in [2.05, 4.69) is 25.7 Å². The Morgan fingerprint density at radius 3 is 2.64 bits per heavy atom. The number of carbonyl (C=O) groups excluding carboxylic acids is 1. The molecule has 1 N–H and O–H groups in total. The number of hydrogen-bond donors (Lipinski definition) is 1. The van der Waals surface area contributed by atoms with Crippen molar-refractivity contribution >= 4 is 5.91 Å². The highest BCUT2D eigenvalue weighted by molar-refractivity contribution is 5.92. The van der Waals surface area contributed by atoms with E-state index in [1.807, 2.05) is 4.68 Å². The van der Waals surface area contributed by atoms with Gasteiger partial charge in [0.25, 0.3) is 17.9 Å². The summed E-state index contributed by atoms with van der Waals surface area (Å²) in [5.41, 5.74) is 0.286. The molecule has 3 aromatic heterocycles. The highest BCUT2D eigenvalue weighted by atomic mass is 19.3. The quantitative estimate of drug-likeness (QED) is 0.418. The standard InChI is InChI=1S/C24H20F3N7O2/c1-13(17-3-2-4-18(22(17)25)23(26)27)30-24(36)19-7-8-21(35)34(31-19)16-9-14(10-28-11-16)20-12-29-32-33(20)15-5-6-15/h2-4,7-13,15,23H,5-6H2,1H3,(H,30,36)/t13-/m1/s1. The smallest absolute Gasteiger partial charge is 0.272 e. The lowest BCUT2D eigenvalue weighted by molar-refractivity contribution is 0.0932. The van der Waals surface area contributed by atoms with Crippen LogP contribution in [0, 0.1) is 5.82 Å². The van der Waals surface area contributed by atoms with Crippen molar-refractivity contribution in [1.29, 1.82) is 0 Å². The van der Waals surface area contributed by atoms with Gasteiger partial charge < -0.3 is 5.32 Å². The minimum atomic E-state index is -2.99. The minimum absolute atomic E-state index is 0.0905. The van der Waals surface area contributed by atoms with Gasteiger partial charge in [0.1, 0.15) is 11.5 Å². The molecule has 0 unspecified atom stereocenters. The Balaban J connectivity index is 1.41. The first kappa shape index (κ1) is 23.4. The maximum atomic E-state index is 14.5. The molecule has 1 atom stereocenters. The molecule has 184 valence electrons. The van der Waals surface area contributed by atoms with Crippen LogP contribution in [0.15, 0.2) is 59.8 Å². The van der Waals surface area contributed by atoms with Crippen molar-refractivity contribution in [2.45, 2.75) is 38.3 Å². The number of nitrogens with zero attached hydrogens (tertiary/aromatic N) is 6. The van der Waals surface area contributed by atoms with E-state index in [1.165, 1.54) is 37.4 Å². The van der Waals surface area contributed by atoms with Crippen LogP contribution in [0.3, 0.4) is 0 Å². The van der Waals surface area contributed by atoms with Gasteiger partial charge in [-0.25, -0.2) is 17.9 Å². The van der Waals surface area contributed by atoms with Crippen LogP contribution < -0.4 is 10.9 Å². The molecule has 0 saturated heterocycles. The summed E-state index contributed by atoms with van der Waals surface area (Å²) in [7, 11) is 0. The van der Waals surface area contributed by atoms with Crippen molar-refractivity contribution < 1.29 is 18.0 Å². The Morgan fingerprint density at radius 2 is 1.89 bits per heavy atom. The lowest BCUT2D eigenvalue weighted by atomic mass is 10.0. The minimum Gasteiger partial charge on any atom is -0.344 e. The Labute approximate surface area is 202 Å². The van der Waals surface area contributed by atoms with Gasteiger partial charge in [0.15, 0.2) is 0 Å². The zero-order valence-electron chi connectivity index (χ0n) is 19.0. The Morgan fingerprint density at radius 1 is 1.11 bits per heavy atom. The van der Waals surface area contributed by atoms with Gasteiger partial charge in [-0.05, 0) is 31.9 Å². The average Bonchev–Trinajstić information content (AvgIpc) is 3.60. The molecule has 4 aromatic rings. The van der Waals surface area contributed by atoms with E-state index in [0.29, 0.717) is 11.3 Å². The molecule has 1 amide bonds. The molecule has 0 spiro atoms. The maximum absolute atomic E-state index is 14.5. The molecular formula is C24H20F3N7O2. The SMILES string of the molecule is C[C@@H](NC(=O)c1ccc(=O)n(-c2cncc(-c3cnnn3C3CC3)c2)n1)c1cccc(C(F)F)c1F. The fourth-order valence-electron chi connectivity index (χ4n) is 3.86. The highest BCUT2D eigenvalue weighted by Gasteiger charge is 2.27. The second-order valence-corrected chi connectivity index (χ2v) is 8.44. The number of halogens is 3. The predicted octanol–water partition coefficient (Wildman–Crippen LogP) is 3.79. The van der Waals surface area contributed by atoms with Gasteiger partial charge in [-0.1, -0.05) is 23.4 Å². The van der Waals surface area contributed by atoms with Crippen LogP contribution in [0.1, 0.15) is 59.9 Å². The molecule has 3 heterocycles. The number of carbonyl (C=O) groups is 1. The summed E-state index contributed by atoms with van der Waals surface area (Å²) in [6.07, 6.45) is 3.70. The maximum Gasteiger partial charge on any atom is 0.272 e. The van der Waals surface area contributed by atoms with Crippen LogP contribution in [0.25, 0.3) is 16.9 Å². The second kappa shape index (κ2) is 9.36. The number of alkyl halides is 2. The summed E-state index contributed by atoms with van der Waals surface area (Å²) in [6.45, 7) is 1.46. The van der Waals surface area contributed by atoms with Crippen molar-refractivity contribution in [1.82, 2.24) is 35.1 Å². The third kappa shape index (κ3) is 4.49. The van der Waals surface area contributed by atoms with Gasteiger partial charge in [-0.3, -0.25) is 14.6 Å². The largest absolute Gasteiger partial charge is 0.344 e. The first-order valence-electron chi connectivity index (χ1n) is 11.2. The molecule has 36 heavy (non-hydrogen) atoms. The van der Waals surface area contributed by atoms with E-state index in [1.54, 1.807) is 18.5 Å². The fraction of sp³-hybridized carbons (Fsp3) is 0.250. The van der Waals surface area contributed by atoms with Crippen LogP contribution >= 0.6 is 0 Å².